The van der Waals surface area contributed by atoms with Crippen LogP contribution in [0.1, 0.15) is 53.2 Å². The molecule has 1 fully saturated rings. The first kappa shape index (κ1) is 16.9. The van der Waals surface area contributed by atoms with Gasteiger partial charge >= 0.3 is 0 Å². The topological polar surface area (TPSA) is 29.0 Å². The van der Waals surface area contributed by atoms with E-state index < -0.39 is 0 Å². The van der Waals surface area contributed by atoms with Gasteiger partial charge in [-0.1, -0.05) is 34.6 Å². The molecule has 0 unspecified atom stereocenters. The Kier molecular flexibility index (Phi) is 9.25. The van der Waals surface area contributed by atoms with E-state index in [0.29, 0.717) is 0 Å². The van der Waals surface area contributed by atoms with Gasteiger partial charge in [-0.3, -0.25) is 4.98 Å². The number of aromatic nitrogens is 2. The third-order valence-corrected chi connectivity index (χ3v) is 2.87. The van der Waals surface area contributed by atoms with Crippen LogP contribution in [0.3, 0.4) is 0 Å². The summed E-state index contributed by atoms with van der Waals surface area (Å²) >= 11 is 0. The van der Waals surface area contributed by atoms with E-state index >= 15 is 0 Å². The van der Waals surface area contributed by atoms with Crippen LogP contribution in [0, 0.1) is 12.8 Å². The first-order valence-corrected chi connectivity index (χ1v) is 7.29. The molecule has 1 aromatic heterocycles. The van der Waals surface area contributed by atoms with Gasteiger partial charge < -0.3 is 4.90 Å². The molecule has 3 heteroatoms. The Labute approximate surface area is 113 Å². The van der Waals surface area contributed by atoms with E-state index in [1.165, 1.54) is 12.8 Å². The molecule has 0 bridgehead atoms. The van der Waals surface area contributed by atoms with Gasteiger partial charge in [-0.05, 0) is 25.7 Å². The molecular formula is C15H29N3. The second-order valence-corrected chi connectivity index (χ2v) is 4.19. The zero-order valence-corrected chi connectivity index (χ0v) is 12.9. The van der Waals surface area contributed by atoms with Crippen molar-refractivity contribution in [2.24, 2.45) is 5.92 Å². The highest BCUT2D eigenvalue weighted by Gasteiger charge is 2.16. The monoisotopic (exact) mass is 251 g/mol. The molecule has 3 nitrogen and oxygen atoms in total. The van der Waals surface area contributed by atoms with Gasteiger partial charge in [0.15, 0.2) is 0 Å². The van der Waals surface area contributed by atoms with Crippen LogP contribution >= 0.6 is 0 Å². The average molecular weight is 251 g/mol. The van der Waals surface area contributed by atoms with Crippen LogP contribution in [-0.4, -0.2) is 23.1 Å². The number of aryl methyl sites for hydroxylation is 1. The molecule has 0 spiro atoms. The lowest BCUT2D eigenvalue weighted by Crippen LogP contribution is -2.33. The predicted octanol–water partition coefficient (Wildman–Crippen LogP) is 4.07. The van der Waals surface area contributed by atoms with Crippen molar-refractivity contribution in [2.75, 3.05) is 18.0 Å². The van der Waals surface area contributed by atoms with Gasteiger partial charge in [0.05, 0.1) is 18.1 Å². The second-order valence-electron chi connectivity index (χ2n) is 4.19. The Morgan fingerprint density at radius 2 is 1.56 bits per heavy atom. The summed E-state index contributed by atoms with van der Waals surface area (Å²) in [5.41, 5.74) is 0.985. The van der Waals surface area contributed by atoms with E-state index in [0.717, 1.165) is 30.5 Å². The molecule has 18 heavy (non-hydrogen) atoms. The lowest BCUT2D eigenvalue weighted by Gasteiger charge is -2.30. The molecule has 104 valence electrons. The van der Waals surface area contributed by atoms with E-state index in [9.17, 15) is 0 Å². The number of rotatable bonds is 1. The van der Waals surface area contributed by atoms with E-state index in [1.807, 2.05) is 47.0 Å². The summed E-state index contributed by atoms with van der Waals surface area (Å²) in [4.78, 5) is 11.0. The SMILES string of the molecule is CC.CC.Cc1cnc(N2CCC(C)CC2)cn1. The van der Waals surface area contributed by atoms with Gasteiger partial charge in [-0.2, -0.15) is 0 Å². The molecule has 1 aliphatic rings. The maximum atomic E-state index is 4.39. The van der Waals surface area contributed by atoms with Gasteiger partial charge in [0.2, 0.25) is 0 Å². The van der Waals surface area contributed by atoms with Crippen LogP contribution in [-0.2, 0) is 0 Å². The molecule has 1 aromatic rings. The lowest BCUT2D eigenvalue weighted by atomic mass is 9.99. The Morgan fingerprint density at radius 3 is 2.00 bits per heavy atom. The fraction of sp³-hybridized carbons (Fsp3) is 0.733. The third-order valence-electron chi connectivity index (χ3n) is 2.87. The molecule has 0 amide bonds. The number of piperidine rings is 1. The summed E-state index contributed by atoms with van der Waals surface area (Å²) in [6.07, 6.45) is 6.27. The normalized spacial score (nSPS) is 15.1. The van der Waals surface area contributed by atoms with Crippen molar-refractivity contribution in [3.63, 3.8) is 0 Å². The quantitative estimate of drug-likeness (QED) is 0.753. The zero-order chi connectivity index (χ0) is 14.0. The smallest absolute Gasteiger partial charge is 0.147 e. The molecule has 0 saturated carbocycles. The number of hydrogen-bond donors (Lipinski definition) is 0. The fourth-order valence-corrected chi connectivity index (χ4v) is 1.79. The minimum absolute atomic E-state index is 0.865. The van der Waals surface area contributed by atoms with Gasteiger partial charge in [-0.15, -0.1) is 0 Å². The van der Waals surface area contributed by atoms with Crippen LogP contribution in [0.2, 0.25) is 0 Å². The number of nitrogens with zero attached hydrogens (tertiary/aromatic N) is 3. The Hall–Kier alpha value is -1.12. The predicted molar refractivity (Wildman–Crippen MR) is 80.1 cm³/mol. The first-order chi connectivity index (χ1) is 8.75. The molecule has 2 rings (SSSR count). The van der Waals surface area contributed by atoms with Crippen molar-refractivity contribution in [1.82, 2.24) is 9.97 Å². The first-order valence-electron chi connectivity index (χ1n) is 7.29. The van der Waals surface area contributed by atoms with Crippen LogP contribution in [0.15, 0.2) is 12.4 Å². The Balaban J connectivity index is 0.000000659. The molecule has 0 aliphatic carbocycles. The van der Waals surface area contributed by atoms with Crippen LogP contribution in [0.25, 0.3) is 0 Å². The Morgan fingerprint density at radius 1 is 1.00 bits per heavy atom. The molecule has 0 radical (unpaired) electrons. The Bertz CT molecular complexity index is 287. The second kappa shape index (κ2) is 9.86. The highest BCUT2D eigenvalue weighted by atomic mass is 15.2. The molecule has 1 saturated heterocycles. The summed E-state index contributed by atoms with van der Waals surface area (Å²) in [7, 11) is 0. The van der Waals surface area contributed by atoms with Crippen LogP contribution in [0.5, 0.6) is 0 Å². The van der Waals surface area contributed by atoms with Crippen molar-refractivity contribution in [1.29, 1.82) is 0 Å². The van der Waals surface area contributed by atoms with Crippen LogP contribution < -0.4 is 4.90 Å². The third kappa shape index (κ3) is 5.48. The number of hydrogen-bond acceptors (Lipinski definition) is 3. The largest absolute Gasteiger partial charge is 0.355 e. The van der Waals surface area contributed by atoms with E-state index in [2.05, 4.69) is 21.8 Å². The molecular weight excluding hydrogens is 222 g/mol. The average Bonchev–Trinajstić information content (AvgIpc) is 2.45. The van der Waals surface area contributed by atoms with E-state index in [4.69, 9.17) is 0 Å². The van der Waals surface area contributed by atoms with Gasteiger partial charge in [0, 0.05) is 13.1 Å². The van der Waals surface area contributed by atoms with Gasteiger partial charge in [-0.25, -0.2) is 4.98 Å². The lowest BCUT2D eigenvalue weighted by molar-refractivity contribution is 0.436. The summed E-state index contributed by atoms with van der Waals surface area (Å²) in [5.74, 6) is 1.90. The van der Waals surface area contributed by atoms with E-state index in [1.54, 1.807) is 0 Å². The van der Waals surface area contributed by atoms with Crippen molar-refractivity contribution in [2.45, 2.75) is 54.4 Å². The standard InChI is InChI=1S/C11H17N3.2C2H6/c1-9-3-5-14(6-4-9)11-8-12-10(2)7-13-11;2*1-2/h7-9H,3-6H2,1-2H3;2*1-2H3. The van der Waals surface area contributed by atoms with Crippen molar-refractivity contribution < 1.29 is 0 Å². The highest BCUT2D eigenvalue weighted by Crippen LogP contribution is 2.20. The zero-order valence-electron chi connectivity index (χ0n) is 12.9. The fourth-order valence-electron chi connectivity index (χ4n) is 1.79. The molecule has 0 atom stereocenters. The van der Waals surface area contributed by atoms with Crippen molar-refractivity contribution in [3.05, 3.63) is 18.1 Å². The maximum Gasteiger partial charge on any atom is 0.147 e. The number of anilines is 1. The van der Waals surface area contributed by atoms with E-state index in [-0.39, 0.29) is 0 Å². The molecule has 0 N–H and O–H groups in total. The summed E-state index contributed by atoms with van der Waals surface area (Å²) in [5, 5.41) is 0. The molecule has 2 heterocycles. The molecule has 0 aromatic carbocycles. The van der Waals surface area contributed by atoms with Gasteiger partial charge in [0.1, 0.15) is 5.82 Å². The summed E-state index contributed by atoms with van der Waals surface area (Å²) in [6, 6.07) is 0. The van der Waals surface area contributed by atoms with Crippen molar-refractivity contribution in [3.8, 4) is 0 Å². The summed E-state index contributed by atoms with van der Waals surface area (Å²) < 4.78 is 0. The minimum Gasteiger partial charge on any atom is -0.355 e. The van der Waals surface area contributed by atoms with Gasteiger partial charge in [0.25, 0.3) is 0 Å². The summed E-state index contributed by atoms with van der Waals surface area (Å²) in [6.45, 7) is 14.5. The minimum atomic E-state index is 0.865. The molecule has 1 aliphatic heterocycles. The van der Waals surface area contributed by atoms with Crippen molar-refractivity contribution >= 4 is 5.82 Å². The highest BCUT2D eigenvalue weighted by molar-refractivity contribution is 5.36. The van der Waals surface area contributed by atoms with Crippen LogP contribution in [0.4, 0.5) is 5.82 Å². The maximum absolute atomic E-state index is 4.39.